The van der Waals surface area contributed by atoms with Gasteiger partial charge in [-0.3, -0.25) is 0 Å². The van der Waals surface area contributed by atoms with Crippen molar-refractivity contribution in [1.29, 1.82) is 0 Å². The van der Waals surface area contributed by atoms with Crippen LogP contribution >= 0.6 is 0 Å². The average Bonchev–Trinajstić information content (AvgIpc) is 3.01. The van der Waals surface area contributed by atoms with Gasteiger partial charge in [-0.05, 0) is 31.9 Å². The van der Waals surface area contributed by atoms with E-state index in [9.17, 15) is 8.42 Å². The van der Waals surface area contributed by atoms with Crippen LogP contribution in [0.4, 0.5) is 0 Å². The summed E-state index contributed by atoms with van der Waals surface area (Å²) in [5.74, 6) is 1.12. The summed E-state index contributed by atoms with van der Waals surface area (Å²) in [5.41, 5.74) is 1.71. The average molecular weight is 308 g/mol. The van der Waals surface area contributed by atoms with E-state index in [0.29, 0.717) is 19.5 Å². The molecule has 1 atom stereocenters. The minimum atomic E-state index is -3.12. The van der Waals surface area contributed by atoms with Crippen LogP contribution in [0, 0.1) is 6.92 Å². The lowest BCUT2D eigenvalue weighted by atomic mass is 10.2. The topological polar surface area (TPSA) is 68.1 Å². The fraction of sp³-hybridized carbons (Fsp3) is 0.571. The first-order valence-electron chi connectivity index (χ1n) is 7.30. The summed E-state index contributed by atoms with van der Waals surface area (Å²) >= 11 is 0. The van der Waals surface area contributed by atoms with E-state index in [2.05, 4.69) is 14.5 Å². The van der Waals surface area contributed by atoms with Crippen molar-refractivity contribution < 1.29 is 8.42 Å². The minimum Gasteiger partial charge on any atom is -0.308 e. The number of rotatable bonds is 4. The molecule has 1 saturated heterocycles. The predicted octanol–water partition coefficient (Wildman–Crippen LogP) is 1.73. The van der Waals surface area contributed by atoms with Gasteiger partial charge in [-0.2, -0.15) is 4.31 Å². The normalized spacial score (nSPS) is 20.4. The molecule has 0 N–H and O–H groups in total. The lowest BCUT2D eigenvalue weighted by Crippen LogP contribution is -2.31. The van der Waals surface area contributed by atoms with Crippen LogP contribution in [-0.2, 0) is 10.0 Å². The Kier molecular flexibility index (Phi) is 3.71. The van der Waals surface area contributed by atoms with Crippen molar-refractivity contribution in [2.24, 2.45) is 0 Å². The molecule has 2 aromatic heterocycles. The fourth-order valence-corrected chi connectivity index (χ4v) is 4.60. The van der Waals surface area contributed by atoms with Crippen LogP contribution in [0.15, 0.2) is 18.3 Å². The van der Waals surface area contributed by atoms with Gasteiger partial charge in [-0.1, -0.05) is 6.92 Å². The third kappa shape index (κ3) is 2.55. The van der Waals surface area contributed by atoms with E-state index in [1.165, 1.54) is 0 Å². The minimum absolute atomic E-state index is 0.122. The van der Waals surface area contributed by atoms with Gasteiger partial charge in [0, 0.05) is 19.3 Å². The van der Waals surface area contributed by atoms with Crippen LogP contribution < -0.4 is 0 Å². The van der Waals surface area contributed by atoms with Crippen LogP contribution in [0.25, 0.3) is 11.2 Å². The number of imidazole rings is 1. The molecule has 1 fully saturated rings. The van der Waals surface area contributed by atoms with E-state index < -0.39 is 10.0 Å². The Morgan fingerprint density at radius 1 is 1.43 bits per heavy atom. The second kappa shape index (κ2) is 5.38. The zero-order valence-electron chi connectivity index (χ0n) is 12.4. The number of pyridine rings is 1. The van der Waals surface area contributed by atoms with E-state index in [1.54, 1.807) is 10.5 Å². The number of hydrogen-bond acceptors (Lipinski definition) is 4. The van der Waals surface area contributed by atoms with Gasteiger partial charge in [0.2, 0.25) is 10.0 Å². The molecule has 0 aromatic carbocycles. The third-order valence-corrected chi connectivity index (χ3v) is 6.01. The van der Waals surface area contributed by atoms with E-state index >= 15 is 0 Å². The third-order valence-electron chi connectivity index (χ3n) is 3.97. The van der Waals surface area contributed by atoms with Crippen molar-refractivity contribution in [3.63, 3.8) is 0 Å². The monoisotopic (exact) mass is 308 g/mol. The first-order chi connectivity index (χ1) is 10.0. The quantitative estimate of drug-likeness (QED) is 0.862. The predicted molar refractivity (Wildman–Crippen MR) is 81.6 cm³/mol. The second-order valence-electron chi connectivity index (χ2n) is 5.49. The van der Waals surface area contributed by atoms with Gasteiger partial charge < -0.3 is 4.57 Å². The van der Waals surface area contributed by atoms with Crippen molar-refractivity contribution >= 4 is 21.2 Å². The number of fused-ring (bicyclic) bond motifs is 1. The van der Waals surface area contributed by atoms with Crippen molar-refractivity contribution in [2.45, 2.75) is 32.7 Å². The second-order valence-corrected chi connectivity index (χ2v) is 7.58. The molecular weight excluding hydrogens is 288 g/mol. The summed E-state index contributed by atoms with van der Waals surface area (Å²) < 4.78 is 28.1. The Balaban J connectivity index is 1.90. The molecule has 0 radical (unpaired) electrons. The number of sulfonamides is 1. The zero-order valence-corrected chi connectivity index (χ0v) is 13.2. The van der Waals surface area contributed by atoms with Gasteiger partial charge in [-0.15, -0.1) is 0 Å². The Bertz CT molecular complexity index is 753. The molecule has 3 rings (SSSR count). The molecule has 1 aliphatic rings. The molecule has 0 bridgehead atoms. The summed E-state index contributed by atoms with van der Waals surface area (Å²) in [6, 6.07) is 3.93. The van der Waals surface area contributed by atoms with Crippen molar-refractivity contribution in [3.8, 4) is 0 Å². The van der Waals surface area contributed by atoms with Crippen LogP contribution in [0.2, 0.25) is 0 Å². The summed E-state index contributed by atoms with van der Waals surface area (Å²) in [5, 5.41) is 0. The Morgan fingerprint density at radius 2 is 2.24 bits per heavy atom. The Hall–Kier alpha value is -1.47. The first kappa shape index (κ1) is 14.5. The standard InChI is InChI=1S/C14H20N4O2S/c1-3-9-21(19,20)17-8-6-12(10-17)18-11(2)16-13-5-4-7-15-14(13)18/h4-5,7,12H,3,6,8-10H2,1-2H3. The maximum atomic E-state index is 12.2. The molecule has 114 valence electrons. The molecule has 6 nitrogen and oxygen atoms in total. The van der Waals surface area contributed by atoms with E-state index in [-0.39, 0.29) is 11.8 Å². The SMILES string of the molecule is CCCS(=O)(=O)N1CCC(n2c(C)nc3cccnc32)C1. The molecule has 2 aromatic rings. The maximum Gasteiger partial charge on any atom is 0.214 e. The molecule has 21 heavy (non-hydrogen) atoms. The highest BCUT2D eigenvalue weighted by Crippen LogP contribution is 2.28. The van der Waals surface area contributed by atoms with E-state index in [1.807, 2.05) is 26.0 Å². The maximum absolute atomic E-state index is 12.2. The van der Waals surface area contributed by atoms with Crippen molar-refractivity contribution in [2.75, 3.05) is 18.8 Å². The molecule has 3 heterocycles. The molecule has 0 amide bonds. The summed E-state index contributed by atoms with van der Waals surface area (Å²) in [6.07, 6.45) is 3.21. The van der Waals surface area contributed by atoms with Crippen LogP contribution in [0.5, 0.6) is 0 Å². The van der Waals surface area contributed by atoms with Crippen LogP contribution in [-0.4, -0.2) is 46.1 Å². The van der Waals surface area contributed by atoms with Gasteiger partial charge >= 0.3 is 0 Å². The summed E-state index contributed by atoms with van der Waals surface area (Å²) in [7, 11) is -3.12. The zero-order chi connectivity index (χ0) is 15.0. The van der Waals surface area contributed by atoms with Gasteiger partial charge in [0.05, 0.1) is 11.8 Å². The lowest BCUT2D eigenvalue weighted by molar-refractivity contribution is 0.451. The Morgan fingerprint density at radius 3 is 3.00 bits per heavy atom. The van der Waals surface area contributed by atoms with E-state index in [0.717, 1.165) is 23.4 Å². The molecule has 1 aliphatic heterocycles. The molecule has 7 heteroatoms. The van der Waals surface area contributed by atoms with E-state index in [4.69, 9.17) is 0 Å². The smallest absolute Gasteiger partial charge is 0.214 e. The largest absolute Gasteiger partial charge is 0.308 e. The lowest BCUT2D eigenvalue weighted by Gasteiger charge is -2.17. The van der Waals surface area contributed by atoms with Gasteiger partial charge in [0.15, 0.2) is 5.65 Å². The molecule has 0 aliphatic carbocycles. The van der Waals surface area contributed by atoms with Crippen molar-refractivity contribution in [3.05, 3.63) is 24.2 Å². The molecule has 0 saturated carbocycles. The van der Waals surface area contributed by atoms with Gasteiger partial charge in [-0.25, -0.2) is 18.4 Å². The highest BCUT2D eigenvalue weighted by molar-refractivity contribution is 7.89. The first-order valence-corrected chi connectivity index (χ1v) is 8.91. The highest BCUT2D eigenvalue weighted by Gasteiger charge is 2.33. The van der Waals surface area contributed by atoms with Crippen LogP contribution in [0.1, 0.15) is 31.6 Å². The number of aryl methyl sites for hydroxylation is 1. The van der Waals surface area contributed by atoms with Gasteiger partial charge in [0.1, 0.15) is 11.3 Å². The Labute approximate surface area is 124 Å². The van der Waals surface area contributed by atoms with Gasteiger partial charge in [0.25, 0.3) is 0 Å². The highest BCUT2D eigenvalue weighted by atomic mass is 32.2. The molecular formula is C14H20N4O2S. The van der Waals surface area contributed by atoms with Crippen molar-refractivity contribution in [1.82, 2.24) is 18.8 Å². The molecule has 0 spiro atoms. The number of hydrogen-bond donors (Lipinski definition) is 0. The fourth-order valence-electron chi connectivity index (χ4n) is 3.04. The number of nitrogens with zero attached hydrogens (tertiary/aromatic N) is 4. The number of aromatic nitrogens is 3. The summed E-state index contributed by atoms with van der Waals surface area (Å²) in [6.45, 7) is 4.94. The molecule has 1 unspecified atom stereocenters. The van der Waals surface area contributed by atoms with Crippen LogP contribution in [0.3, 0.4) is 0 Å². The summed E-state index contributed by atoms with van der Waals surface area (Å²) in [4.78, 5) is 8.92.